The van der Waals surface area contributed by atoms with Gasteiger partial charge in [-0.2, -0.15) is 0 Å². The molecule has 0 saturated carbocycles. The molecule has 0 saturated heterocycles. The summed E-state index contributed by atoms with van der Waals surface area (Å²) in [5.41, 5.74) is 8.74. The van der Waals surface area contributed by atoms with Gasteiger partial charge < -0.3 is 11.1 Å². The maximum Gasteiger partial charge on any atom is 0.232 e. The van der Waals surface area contributed by atoms with E-state index in [2.05, 4.69) is 5.32 Å². The molecule has 1 heterocycles. The standard InChI is InChI=1S/C11H14N2O.ClH/c1-7-3-2-4-9-10(7)8(5-6-12)11(14)13-9;/h2-4,8H,5-6,12H2,1H3,(H,13,14);1H. The fraction of sp³-hybridized carbons (Fsp3) is 0.364. The van der Waals surface area contributed by atoms with Crippen LogP contribution in [0.15, 0.2) is 18.2 Å². The predicted octanol–water partition coefficient (Wildman–Crippen LogP) is 1.80. The van der Waals surface area contributed by atoms with Gasteiger partial charge in [0, 0.05) is 5.69 Å². The molecule has 1 unspecified atom stereocenters. The van der Waals surface area contributed by atoms with Crippen LogP contribution < -0.4 is 11.1 Å². The van der Waals surface area contributed by atoms with Gasteiger partial charge in [-0.1, -0.05) is 12.1 Å². The zero-order chi connectivity index (χ0) is 10.1. The van der Waals surface area contributed by atoms with E-state index in [1.807, 2.05) is 25.1 Å². The van der Waals surface area contributed by atoms with E-state index in [0.29, 0.717) is 6.54 Å². The molecular weight excluding hydrogens is 212 g/mol. The highest BCUT2D eigenvalue weighted by Crippen LogP contribution is 2.36. The minimum absolute atomic E-state index is 0. The lowest BCUT2D eigenvalue weighted by molar-refractivity contribution is -0.117. The van der Waals surface area contributed by atoms with Crippen LogP contribution >= 0.6 is 12.4 Å². The number of benzene rings is 1. The van der Waals surface area contributed by atoms with Crippen molar-refractivity contribution >= 4 is 24.0 Å². The van der Waals surface area contributed by atoms with Gasteiger partial charge in [-0.05, 0) is 37.1 Å². The number of hydrogen-bond donors (Lipinski definition) is 2. The molecule has 1 atom stereocenters. The van der Waals surface area contributed by atoms with Crippen LogP contribution in [0.1, 0.15) is 23.5 Å². The van der Waals surface area contributed by atoms with Crippen LogP contribution in [0.25, 0.3) is 0 Å². The zero-order valence-electron chi connectivity index (χ0n) is 8.62. The van der Waals surface area contributed by atoms with Crippen LogP contribution in [0.2, 0.25) is 0 Å². The second-order valence-corrected chi connectivity index (χ2v) is 3.66. The van der Waals surface area contributed by atoms with Crippen molar-refractivity contribution < 1.29 is 4.79 Å². The number of amides is 1. The molecule has 3 nitrogen and oxygen atoms in total. The summed E-state index contributed by atoms with van der Waals surface area (Å²) in [5, 5.41) is 2.88. The predicted molar refractivity (Wildman–Crippen MR) is 63.5 cm³/mol. The van der Waals surface area contributed by atoms with Crippen LogP contribution in [0.5, 0.6) is 0 Å². The highest BCUT2D eigenvalue weighted by atomic mass is 35.5. The summed E-state index contributed by atoms with van der Waals surface area (Å²) in [6.45, 7) is 2.58. The Morgan fingerprint density at radius 3 is 2.87 bits per heavy atom. The number of carbonyl (C=O) groups is 1. The SMILES string of the molecule is Cc1cccc2c1C(CCN)C(=O)N2.Cl. The minimum Gasteiger partial charge on any atom is -0.330 e. The van der Waals surface area contributed by atoms with E-state index in [1.165, 1.54) is 5.56 Å². The first-order valence-electron chi connectivity index (χ1n) is 4.84. The number of carbonyl (C=O) groups excluding carboxylic acids is 1. The van der Waals surface area contributed by atoms with E-state index in [-0.39, 0.29) is 24.2 Å². The average molecular weight is 227 g/mol. The number of nitrogens with two attached hydrogens (primary N) is 1. The van der Waals surface area contributed by atoms with Crippen molar-refractivity contribution in [3.8, 4) is 0 Å². The normalized spacial score (nSPS) is 18.0. The van der Waals surface area contributed by atoms with Gasteiger partial charge in [0.15, 0.2) is 0 Å². The fourth-order valence-corrected chi connectivity index (χ4v) is 2.05. The van der Waals surface area contributed by atoms with E-state index in [9.17, 15) is 4.79 Å². The van der Waals surface area contributed by atoms with Crippen molar-refractivity contribution in [2.45, 2.75) is 19.3 Å². The van der Waals surface area contributed by atoms with E-state index >= 15 is 0 Å². The summed E-state index contributed by atoms with van der Waals surface area (Å²) in [5.74, 6) is 0.0379. The molecule has 82 valence electrons. The molecule has 0 aromatic heterocycles. The average Bonchev–Trinajstić information content (AvgIpc) is 2.45. The Kier molecular flexibility index (Phi) is 3.72. The van der Waals surface area contributed by atoms with Gasteiger partial charge in [0.25, 0.3) is 0 Å². The molecule has 4 heteroatoms. The summed E-state index contributed by atoms with van der Waals surface area (Å²) in [4.78, 5) is 11.6. The number of halogens is 1. The van der Waals surface area contributed by atoms with Crippen LogP contribution in [-0.4, -0.2) is 12.5 Å². The number of nitrogens with one attached hydrogen (secondary N) is 1. The van der Waals surface area contributed by atoms with E-state index in [1.54, 1.807) is 0 Å². The van der Waals surface area contributed by atoms with Gasteiger partial charge in [-0.3, -0.25) is 4.79 Å². The van der Waals surface area contributed by atoms with Gasteiger partial charge in [-0.25, -0.2) is 0 Å². The first kappa shape index (κ1) is 12.0. The molecule has 1 amide bonds. The summed E-state index contributed by atoms with van der Waals surface area (Å²) in [6.07, 6.45) is 0.726. The first-order valence-corrected chi connectivity index (χ1v) is 4.84. The number of hydrogen-bond acceptors (Lipinski definition) is 2. The van der Waals surface area contributed by atoms with Crippen molar-refractivity contribution in [2.24, 2.45) is 5.73 Å². The van der Waals surface area contributed by atoms with Crippen LogP contribution in [0.4, 0.5) is 5.69 Å². The Hall–Kier alpha value is -1.06. The molecular formula is C11H15ClN2O. The van der Waals surface area contributed by atoms with E-state index in [4.69, 9.17) is 5.73 Å². The maximum atomic E-state index is 11.6. The van der Waals surface area contributed by atoms with Crippen LogP contribution in [0.3, 0.4) is 0 Å². The van der Waals surface area contributed by atoms with E-state index < -0.39 is 0 Å². The Labute approximate surface area is 95.5 Å². The van der Waals surface area contributed by atoms with Crippen LogP contribution in [-0.2, 0) is 4.79 Å². The Bertz CT molecular complexity index is 379. The maximum absolute atomic E-state index is 11.6. The van der Waals surface area contributed by atoms with Gasteiger partial charge in [0.05, 0.1) is 5.92 Å². The van der Waals surface area contributed by atoms with Crippen molar-refractivity contribution in [1.82, 2.24) is 0 Å². The lowest BCUT2D eigenvalue weighted by Crippen LogP contribution is -2.16. The highest BCUT2D eigenvalue weighted by molar-refractivity contribution is 6.03. The Morgan fingerprint density at radius 1 is 1.47 bits per heavy atom. The van der Waals surface area contributed by atoms with Gasteiger partial charge in [-0.15, -0.1) is 12.4 Å². The number of aryl methyl sites for hydroxylation is 1. The first-order chi connectivity index (χ1) is 6.74. The summed E-state index contributed by atoms with van der Waals surface area (Å²) in [6, 6.07) is 5.93. The Morgan fingerprint density at radius 2 is 2.20 bits per heavy atom. The lowest BCUT2D eigenvalue weighted by Gasteiger charge is -2.09. The van der Waals surface area contributed by atoms with E-state index in [0.717, 1.165) is 17.7 Å². The number of rotatable bonds is 2. The third-order valence-corrected chi connectivity index (χ3v) is 2.70. The third kappa shape index (κ3) is 1.98. The molecule has 15 heavy (non-hydrogen) atoms. The van der Waals surface area contributed by atoms with Crippen molar-refractivity contribution in [1.29, 1.82) is 0 Å². The molecule has 1 aliphatic rings. The molecule has 2 rings (SSSR count). The molecule has 0 fully saturated rings. The largest absolute Gasteiger partial charge is 0.330 e. The molecule has 1 aliphatic heterocycles. The van der Waals surface area contributed by atoms with Gasteiger partial charge >= 0.3 is 0 Å². The third-order valence-electron chi connectivity index (χ3n) is 2.70. The molecule has 0 spiro atoms. The van der Waals surface area contributed by atoms with Gasteiger partial charge in [0.2, 0.25) is 5.91 Å². The van der Waals surface area contributed by atoms with Crippen molar-refractivity contribution in [3.63, 3.8) is 0 Å². The molecule has 0 radical (unpaired) electrons. The molecule has 0 aliphatic carbocycles. The van der Waals surface area contributed by atoms with Crippen molar-refractivity contribution in [2.75, 3.05) is 11.9 Å². The zero-order valence-corrected chi connectivity index (χ0v) is 9.43. The second kappa shape index (κ2) is 4.64. The second-order valence-electron chi connectivity index (χ2n) is 3.66. The lowest BCUT2D eigenvalue weighted by atomic mass is 9.93. The molecule has 1 aromatic carbocycles. The minimum atomic E-state index is -0.0452. The Balaban J connectivity index is 0.00000112. The number of fused-ring (bicyclic) bond motifs is 1. The quantitative estimate of drug-likeness (QED) is 0.808. The van der Waals surface area contributed by atoms with Crippen molar-refractivity contribution in [3.05, 3.63) is 29.3 Å². The smallest absolute Gasteiger partial charge is 0.232 e. The topological polar surface area (TPSA) is 55.1 Å². The fourth-order valence-electron chi connectivity index (χ4n) is 2.05. The molecule has 3 N–H and O–H groups in total. The summed E-state index contributed by atoms with van der Waals surface area (Å²) < 4.78 is 0. The van der Waals surface area contributed by atoms with Gasteiger partial charge in [0.1, 0.15) is 0 Å². The summed E-state index contributed by atoms with van der Waals surface area (Å²) >= 11 is 0. The monoisotopic (exact) mass is 226 g/mol. The molecule has 0 bridgehead atoms. The highest BCUT2D eigenvalue weighted by Gasteiger charge is 2.30. The summed E-state index contributed by atoms with van der Waals surface area (Å²) in [7, 11) is 0. The number of anilines is 1. The van der Waals surface area contributed by atoms with Crippen LogP contribution in [0, 0.1) is 6.92 Å². The molecule has 1 aromatic rings.